The minimum atomic E-state index is -0.697. The second kappa shape index (κ2) is 6.52. The van der Waals surface area contributed by atoms with Crippen LogP contribution in [-0.4, -0.2) is 11.8 Å². The normalized spacial score (nSPS) is 11.1. The van der Waals surface area contributed by atoms with E-state index in [1.165, 1.54) is 5.56 Å². The highest BCUT2D eigenvalue weighted by Crippen LogP contribution is 2.16. The molecule has 0 aromatic heterocycles. The molecule has 106 valence electrons. The van der Waals surface area contributed by atoms with E-state index >= 15 is 0 Å². The molecule has 0 radical (unpaired) electrons. The number of carbonyl (C=O) groups is 2. The van der Waals surface area contributed by atoms with Gasteiger partial charge >= 0.3 is 0 Å². The Morgan fingerprint density at radius 3 is 1.95 bits per heavy atom. The summed E-state index contributed by atoms with van der Waals surface area (Å²) >= 11 is 0. The summed E-state index contributed by atoms with van der Waals surface area (Å²) in [6, 6.07) is 17.4. The van der Waals surface area contributed by atoms with Crippen LogP contribution in [0.15, 0.2) is 60.7 Å². The van der Waals surface area contributed by atoms with Crippen LogP contribution >= 0.6 is 0 Å². The summed E-state index contributed by atoms with van der Waals surface area (Å²) < 4.78 is 0. The molecule has 2 aromatic carbocycles. The standard InChI is InChI=1S/C17H16N2O2/c18-16(20)11-15(17(19)21)14-8-6-13(7-9-14)10-12-4-2-1-3-5-12/h1-9,11H,10H2,(H2,18,20)(H2,19,21)/b15-11-. The Morgan fingerprint density at radius 1 is 0.857 bits per heavy atom. The first-order valence-electron chi connectivity index (χ1n) is 6.50. The number of nitrogens with two attached hydrogens (primary N) is 2. The maximum atomic E-state index is 11.4. The lowest BCUT2D eigenvalue weighted by molar-refractivity contribution is -0.115. The van der Waals surface area contributed by atoms with Crippen molar-refractivity contribution < 1.29 is 9.59 Å². The van der Waals surface area contributed by atoms with Crippen LogP contribution in [-0.2, 0) is 16.0 Å². The fraction of sp³-hybridized carbons (Fsp3) is 0.0588. The monoisotopic (exact) mass is 280 g/mol. The van der Waals surface area contributed by atoms with Gasteiger partial charge in [-0.2, -0.15) is 0 Å². The molecule has 2 aromatic rings. The second-order valence-electron chi connectivity index (χ2n) is 4.68. The molecule has 4 nitrogen and oxygen atoms in total. The molecule has 0 atom stereocenters. The number of primary amides is 2. The summed E-state index contributed by atoms with van der Waals surface area (Å²) in [6.45, 7) is 0. The number of amides is 2. The zero-order valence-electron chi connectivity index (χ0n) is 11.5. The Balaban J connectivity index is 2.22. The Kier molecular flexibility index (Phi) is 4.51. The lowest BCUT2D eigenvalue weighted by atomic mass is 10.00. The van der Waals surface area contributed by atoms with Crippen molar-refractivity contribution in [2.75, 3.05) is 0 Å². The first-order chi connectivity index (χ1) is 10.1. The molecule has 0 unspecified atom stereocenters. The predicted octanol–water partition coefficient (Wildman–Crippen LogP) is 1.63. The van der Waals surface area contributed by atoms with Gasteiger partial charge in [0, 0.05) is 6.08 Å². The highest BCUT2D eigenvalue weighted by molar-refractivity contribution is 6.22. The largest absolute Gasteiger partial charge is 0.366 e. The van der Waals surface area contributed by atoms with Crippen molar-refractivity contribution in [3.8, 4) is 0 Å². The molecule has 0 bridgehead atoms. The third-order valence-corrected chi connectivity index (χ3v) is 3.07. The Hall–Kier alpha value is -2.88. The molecule has 0 aliphatic carbocycles. The Labute approximate surface area is 123 Å². The van der Waals surface area contributed by atoms with Crippen LogP contribution in [0, 0.1) is 0 Å². The van der Waals surface area contributed by atoms with Gasteiger partial charge in [0.2, 0.25) is 11.8 Å². The second-order valence-corrected chi connectivity index (χ2v) is 4.68. The first kappa shape index (κ1) is 14.5. The number of carbonyl (C=O) groups excluding carboxylic acids is 2. The lowest BCUT2D eigenvalue weighted by Crippen LogP contribution is -2.16. The molecular formula is C17H16N2O2. The molecule has 4 N–H and O–H groups in total. The summed E-state index contributed by atoms with van der Waals surface area (Å²) in [7, 11) is 0. The van der Waals surface area contributed by atoms with Crippen molar-refractivity contribution in [2.24, 2.45) is 11.5 Å². The number of rotatable bonds is 5. The molecule has 0 heterocycles. The van der Waals surface area contributed by atoms with Gasteiger partial charge in [0.25, 0.3) is 0 Å². The van der Waals surface area contributed by atoms with Crippen LogP contribution in [0.5, 0.6) is 0 Å². The Bertz CT molecular complexity index is 674. The number of hydrogen-bond donors (Lipinski definition) is 2. The molecule has 4 heteroatoms. The minimum Gasteiger partial charge on any atom is -0.366 e. The van der Waals surface area contributed by atoms with Crippen molar-refractivity contribution in [1.82, 2.24) is 0 Å². The van der Waals surface area contributed by atoms with E-state index in [4.69, 9.17) is 11.5 Å². The van der Waals surface area contributed by atoms with Crippen molar-refractivity contribution in [3.05, 3.63) is 77.4 Å². The average Bonchev–Trinajstić information content (AvgIpc) is 2.46. The van der Waals surface area contributed by atoms with Gasteiger partial charge in [-0.3, -0.25) is 9.59 Å². The van der Waals surface area contributed by atoms with Gasteiger partial charge in [0.15, 0.2) is 0 Å². The van der Waals surface area contributed by atoms with E-state index in [0.717, 1.165) is 18.1 Å². The zero-order chi connectivity index (χ0) is 15.2. The van der Waals surface area contributed by atoms with Gasteiger partial charge in [0.05, 0.1) is 5.57 Å². The summed E-state index contributed by atoms with van der Waals surface area (Å²) in [6.07, 6.45) is 1.85. The quantitative estimate of drug-likeness (QED) is 0.816. The Morgan fingerprint density at radius 2 is 1.43 bits per heavy atom. The van der Waals surface area contributed by atoms with Crippen molar-refractivity contribution >= 4 is 17.4 Å². The molecule has 0 aliphatic rings. The minimum absolute atomic E-state index is 0.119. The van der Waals surface area contributed by atoms with Crippen molar-refractivity contribution in [3.63, 3.8) is 0 Å². The maximum absolute atomic E-state index is 11.4. The van der Waals surface area contributed by atoms with E-state index in [-0.39, 0.29) is 5.57 Å². The van der Waals surface area contributed by atoms with Crippen LogP contribution in [0.1, 0.15) is 16.7 Å². The third-order valence-electron chi connectivity index (χ3n) is 3.07. The van der Waals surface area contributed by atoms with Crippen LogP contribution in [0.3, 0.4) is 0 Å². The van der Waals surface area contributed by atoms with E-state index in [2.05, 4.69) is 12.1 Å². The van der Waals surface area contributed by atoms with E-state index in [1.54, 1.807) is 12.1 Å². The molecule has 0 spiro atoms. The molecule has 0 saturated heterocycles. The van der Waals surface area contributed by atoms with E-state index in [0.29, 0.717) is 5.56 Å². The van der Waals surface area contributed by atoms with Crippen LogP contribution in [0.25, 0.3) is 5.57 Å². The predicted molar refractivity (Wildman–Crippen MR) is 82.1 cm³/mol. The van der Waals surface area contributed by atoms with Crippen LogP contribution < -0.4 is 11.5 Å². The van der Waals surface area contributed by atoms with Crippen molar-refractivity contribution in [2.45, 2.75) is 6.42 Å². The van der Waals surface area contributed by atoms with E-state index in [9.17, 15) is 9.59 Å². The summed E-state index contributed by atoms with van der Waals surface area (Å²) in [5.74, 6) is -1.37. The number of hydrogen-bond acceptors (Lipinski definition) is 2. The summed E-state index contributed by atoms with van der Waals surface area (Å²) in [4.78, 5) is 22.3. The van der Waals surface area contributed by atoms with Gasteiger partial charge in [-0.05, 0) is 23.1 Å². The molecule has 21 heavy (non-hydrogen) atoms. The van der Waals surface area contributed by atoms with Gasteiger partial charge in [-0.15, -0.1) is 0 Å². The molecule has 2 rings (SSSR count). The van der Waals surface area contributed by atoms with E-state index < -0.39 is 11.8 Å². The highest BCUT2D eigenvalue weighted by atomic mass is 16.1. The highest BCUT2D eigenvalue weighted by Gasteiger charge is 2.09. The molecular weight excluding hydrogens is 264 g/mol. The van der Waals surface area contributed by atoms with Crippen LogP contribution in [0.2, 0.25) is 0 Å². The zero-order valence-corrected chi connectivity index (χ0v) is 11.5. The van der Waals surface area contributed by atoms with Crippen LogP contribution in [0.4, 0.5) is 0 Å². The molecule has 0 aliphatic heterocycles. The van der Waals surface area contributed by atoms with Gasteiger partial charge in [0.1, 0.15) is 0 Å². The third kappa shape index (κ3) is 4.04. The number of benzene rings is 2. The van der Waals surface area contributed by atoms with E-state index in [1.807, 2.05) is 30.3 Å². The summed E-state index contributed by atoms with van der Waals surface area (Å²) in [5.41, 5.74) is 13.3. The van der Waals surface area contributed by atoms with Gasteiger partial charge in [-0.25, -0.2) is 0 Å². The lowest BCUT2D eigenvalue weighted by Gasteiger charge is -2.06. The fourth-order valence-corrected chi connectivity index (χ4v) is 2.07. The smallest absolute Gasteiger partial charge is 0.249 e. The van der Waals surface area contributed by atoms with Gasteiger partial charge in [-0.1, -0.05) is 54.6 Å². The molecule has 2 amide bonds. The molecule has 0 fully saturated rings. The summed E-state index contributed by atoms with van der Waals surface area (Å²) in [5, 5.41) is 0. The topological polar surface area (TPSA) is 86.2 Å². The average molecular weight is 280 g/mol. The SMILES string of the molecule is NC(=O)/C=C(\C(N)=O)c1ccc(Cc2ccccc2)cc1. The first-order valence-corrected chi connectivity index (χ1v) is 6.50. The van der Waals surface area contributed by atoms with Crippen molar-refractivity contribution in [1.29, 1.82) is 0 Å². The fourth-order valence-electron chi connectivity index (χ4n) is 2.07. The maximum Gasteiger partial charge on any atom is 0.249 e. The molecule has 0 saturated carbocycles. The van der Waals surface area contributed by atoms with Gasteiger partial charge < -0.3 is 11.5 Å².